The topological polar surface area (TPSA) is 67.4 Å². The van der Waals surface area contributed by atoms with Crippen LogP contribution in [0.5, 0.6) is 5.75 Å². The predicted molar refractivity (Wildman–Crippen MR) is 110 cm³/mol. The van der Waals surface area contributed by atoms with Crippen molar-refractivity contribution in [3.05, 3.63) is 89.5 Å². The Kier molecular flexibility index (Phi) is 6.07. The molecule has 5 nitrogen and oxygen atoms in total. The Hall–Kier alpha value is -3.60. The summed E-state index contributed by atoms with van der Waals surface area (Å²) in [5, 5.41) is 5.24. The smallest absolute Gasteiger partial charge is 0.314 e. The third-order valence-corrected chi connectivity index (χ3v) is 4.42. The zero-order valence-electron chi connectivity index (χ0n) is 15.9. The average molecular weight is 374 g/mol. The van der Waals surface area contributed by atoms with Gasteiger partial charge in [0.1, 0.15) is 12.4 Å². The molecule has 0 aliphatic carbocycles. The number of aryl methyl sites for hydroxylation is 1. The molecular formula is C23H22N2O3. The second-order valence-corrected chi connectivity index (χ2v) is 6.45. The molecule has 0 saturated carbocycles. The van der Waals surface area contributed by atoms with E-state index in [0.717, 1.165) is 16.7 Å². The maximum atomic E-state index is 12.2. The van der Waals surface area contributed by atoms with E-state index in [9.17, 15) is 9.59 Å². The van der Waals surface area contributed by atoms with Gasteiger partial charge in [-0.25, -0.2) is 0 Å². The summed E-state index contributed by atoms with van der Waals surface area (Å²) in [5.74, 6) is -0.751. The van der Waals surface area contributed by atoms with E-state index in [2.05, 4.69) is 10.6 Å². The van der Waals surface area contributed by atoms with E-state index in [-0.39, 0.29) is 0 Å². The average Bonchev–Trinajstić information content (AvgIpc) is 2.71. The summed E-state index contributed by atoms with van der Waals surface area (Å²) in [4.78, 5) is 24.3. The largest absolute Gasteiger partial charge is 0.489 e. The van der Waals surface area contributed by atoms with Crippen LogP contribution in [0.15, 0.2) is 72.8 Å². The van der Waals surface area contributed by atoms with E-state index in [1.807, 2.05) is 56.3 Å². The highest BCUT2D eigenvalue weighted by Gasteiger charge is 2.15. The first-order valence-electron chi connectivity index (χ1n) is 8.98. The second kappa shape index (κ2) is 8.86. The molecule has 0 aromatic heterocycles. The van der Waals surface area contributed by atoms with Gasteiger partial charge in [-0.05, 0) is 60.9 Å². The highest BCUT2D eigenvalue weighted by molar-refractivity contribution is 6.43. The Morgan fingerprint density at radius 1 is 0.786 bits per heavy atom. The molecule has 142 valence electrons. The maximum Gasteiger partial charge on any atom is 0.314 e. The number of hydrogen-bond donors (Lipinski definition) is 2. The summed E-state index contributed by atoms with van der Waals surface area (Å²) in [6.45, 7) is 4.31. The Balaban J connectivity index is 1.55. The van der Waals surface area contributed by atoms with Crippen molar-refractivity contribution in [2.45, 2.75) is 20.5 Å². The van der Waals surface area contributed by atoms with Gasteiger partial charge in [0.05, 0.1) is 0 Å². The Labute approximate surface area is 164 Å². The van der Waals surface area contributed by atoms with Gasteiger partial charge in [0.15, 0.2) is 0 Å². The van der Waals surface area contributed by atoms with Gasteiger partial charge in [-0.15, -0.1) is 0 Å². The van der Waals surface area contributed by atoms with Crippen LogP contribution in [0.4, 0.5) is 11.4 Å². The summed E-state index contributed by atoms with van der Waals surface area (Å²) in [6.07, 6.45) is 0. The molecule has 2 N–H and O–H groups in total. The number of rotatable bonds is 5. The SMILES string of the molecule is Cc1cccc(NC(=O)C(=O)Nc2ccc(OCc3ccccc3)cc2)c1C. The highest BCUT2D eigenvalue weighted by atomic mass is 16.5. The third-order valence-electron chi connectivity index (χ3n) is 4.42. The third kappa shape index (κ3) is 4.98. The minimum atomic E-state index is -0.723. The Bertz CT molecular complexity index is 967. The highest BCUT2D eigenvalue weighted by Crippen LogP contribution is 2.19. The number of amides is 2. The first-order chi connectivity index (χ1) is 13.5. The molecular weight excluding hydrogens is 352 g/mol. The maximum absolute atomic E-state index is 12.2. The number of carbonyl (C=O) groups excluding carboxylic acids is 2. The van der Waals surface area contributed by atoms with E-state index < -0.39 is 11.8 Å². The molecule has 2 amide bonds. The van der Waals surface area contributed by atoms with Crippen LogP contribution in [0, 0.1) is 13.8 Å². The number of ether oxygens (including phenoxy) is 1. The van der Waals surface area contributed by atoms with Crippen molar-refractivity contribution < 1.29 is 14.3 Å². The minimum Gasteiger partial charge on any atom is -0.489 e. The lowest BCUT2D eigenvalue weighted by Gasteiger charge is -2.11. The summed E-state index contributed by atoms with van der Waals surface area (Å²) >= 11 is 0. The summed E-state index contributed by atoms with van der Waals surface area (Å²) < 4.78 is 5.71. The van der Waals surface area contributed by atoms with Crippen molar-refractivity contribution in [1.82, 2.24) is 0 Å². The molecule has 0 bridgehead atoms. The molecule has 3 rings (SSSR count). The molecule has 3 aromatic carbocycles. The fourth-order valence-electron chi connectivity index (χ4n) is 2.63. The Morgan fingerprint density at radius 3 is 2.18 bits per heavy atom. The van der Waals surface area contributed by atoms with Crippen LogP contribution in [0.2, 0.25) is 0 Å². The lowest BCUT2D eigenvalue weighted by atomic mass is 10.1. The molecule has 0 heterocycles. The van der Waals surface area contributed by atoms with Gasteiger partial charge in [-0.2, -0.15) is 0 Å². The van der Waals surface area contributed by atoms with Crippen LogP contribution >= 0.6 is 0 Å². The fraction of sp³-hybridized carbons (Fsp3) is 0.130. The van der Waals surface area contributed by atoms with Crippen molar-refractivity contribution >= 4 is 23.2 Å². The van der Waals surface area contributed by atoms with Crippen LogP contribution in [-0.2, 0) is 16.2 Å². The van der Waals surface area contributed by atoms with Crippen molar-refractivity contribution in [2.75, 3.05) is 10.6 Å². The molecule has 28 heavy (non-hydrogen) atoms. The normalized spacial score (nSPS) is 10.2. The molecule has 0 aliphatic rings. The van der Waals surface area contributed by atoms with Crippen molar-refractivity contribution in [2.24, 2.45) is 0 Å². The molecule has 3 aromatic rings. The van der Waals surface area contributed by atoms with Crippen molar-refractivity contribution in [3.63, 3.8) is 0 Å². The zero-order chi connectivity index (χ0) is 19.9. The Morgan fingerprint density at radius 2 is 1.46 bits per heavy atom. The summed E-state index contributed by atoms with van der Waals surface area (Å²) in [6, 6.07) is 22.3. The van der Waals surface area contributed by atoms with Crippen LogP contribution in [0.3, 0.4) is 0 Å². The monoisotopic (exact) mass is 374 g/mol. The van der Waals surface area contributed by atoms with Gasteiger partial charge in [0.2, 0.25) is 0 Å². The molecule has 0 unspecified atom stereocenters. The summed E-state index contributed by atoms with van der Waals surface area (Å²) in [5.41, 5.74) is 4.20. The van der Waals surface area contributed by atoms with Gasteiger partial charge in [-0.1, -0.05) is 42.5 Å². The summed E-state index contributed by atoms with van der Waals surface area (Å²) in [7, 11) is 0. The van der Waals surface area contributed by atoms with Crippen LogP contribution in [0.25, 0.3) is 0 Å². The van der Waals surface area contributed by atoms with Gasteiger partial charge in [0, 0.05) is 11.4 Å². The van der Waals surface area contributed by atoms with E-state index in [4.69, 9.17) is 4.74 Å². The number of hydrogen-bond acceptors (Lipinski definition) is 3. The van der Waals surface area contributed by atoms with Crippen molar-refractivity contribution in [3.8, 4) is 5.75 Å². The fourth-order valence-corrected chi connectivity index (χ4v) is 2.63. The van der Waals surface area contributed by atoms with Crippen LogP contribution < -0.4 is 15.4 Å². The van der Waals surface area contributed by atoms with E-state index >= 15 is 0 Å². The van der Waals surface area contributed by atoms with Gasteiger partial charge >= 0.3 is 11.8 Å². The predicted octanol–water partition coefficient (Wildman–Crippen LogP) is 4.46. The van der Waals surface area contributed by atoms with E-state index in [1.165, 1.54) is 0 Å². The van der Waals surface area contributed by atoms with Crippen LogP contribution in [-0.4, -0.2) is 11.8 Å². The molecule has 0 atom stereocenters. The van der Waals surface area contributed by atoms with E-state index in [1.54, 1.807) is 30.3 Å². The van der Waals surface area contributed by atoms with Gasteiger partial charge in [-0.3, -0.25) is 9.59 Å². The first kappa shape index (κ1) is 19.2. The second-order valence-electron chi connectivity index (χ2n) is 6.45. The molecule has 0 fully saturated rings. The van der Waals surface area contributed by atoms with Crippen LogP contribution in [0.1, 0.15) is 16.7 Å². The van der Waals surface area contributed by atoms with Crippen molar-refractivity contribution in [1.29, 1.82) is 0 Å². The van der Waals surface area contributed by atoms with Gasteiger partial charge < -0.3 is 15.4 Å². The molecule has 0 radical (unpaired) electrons. The number of carbonyl (C=O) groups is 2. The first-order valence-corrected chi connectivity index (χ1v) is 8.98. The molecule has 0 saturated heterocycles. The number of benzene rings is 3. The lowest BCUT2D eigenvalue weighted by Crippen LogP contribution is -2.29. The quantitative estimate of drug-likeness (QED) is 0.648. The van der Waals surface area contributed by atoms with E-state index in [0.29, 0.717) is 23.7 Å². The lowest BCUT2D eigenvalue weighted by molar-refractivity contribution is -0.133. The standard InChI is InChI=1S/C23H22N2O3/c1-16-7-6-10-21(17(16)2)25-23(27)22(26)24-19-11-13-20(14-12-19)28-15-18-8-4-3-5-9-18/h3-14H,15H2,1-2H3,(H,24,26)(H,25,27). The molecule has 0 aliphatic heterocycles. The molecule has 0 spiro atoms. The minimum absolute atomic E-state index is 0.463. The molecule has 5 heteroatoms. The zero-order valence-corrected chi connectivity index (χ0v) is 15.9. The number of anilines is 2. The number of nitrogens with one attached hydrogen (secondary N) is 2. The van der Waals surface area contributed by atoms with Gasteiger partial charge in [0.25, 0.3) is 0 Å².